The third-order valence-electron chi connectivity index (χ3n) is 3.56. The highest BCUT2D eigenvalue weighted by atomic mass is 35.5. The second-order valence-corrected chi connectivity index (χ2v) is 5.70. The van der Waals surface area contributed by atoms with Crippen molar-refractivity contribution in [2.45, 2.75) is 0 Å². The summed E-state index contributed by atoms with van der Waals surface area (Å²) < 4.78 is 7.02. The van der Waals surface area contributed by atoms with Crippen LogP contribution in [0.25, 0.3) is 10.8 Å². The third kappa shape index (κ3) is 3.41. The van der Waals surface area contributed by atoms with Gasteiger partial charge in [-0.15, -0.1) is 0 Å². The Bertz CT molecular complexity index is 966. The Labute approximate surface area is 143 Å². The largest absolute Gasteiger partial charge is 0.483 e. The molecule has 0 saturated heterocycles. The Morgan fingerprint density at radius 1 is 1.12 bits per heavy atom. The van der Waals surface area contributed by atoms with Gasteiger partial charge in [-0.3, -0.25) is 9.59 Å². The predicted octanol–water partition coefficient (Wildman–Crippen LogP) is 3.21. The lowest BCUT2D eigenvalue weighted by molar-refractivity contribution is -0.118. The Morgan fingerprint density at radius 2 is 1.88 bits per heavy atom. The van der Waals surface area contributed by atoms with Crippen LogP contribution in [0, 0.1) is 0 Å². The maximum absolute atomic E-state index is 12.0. The van der Waals surface area contributed by atoms with Crippen molar-refractivity contribution >= 4 is 34.0 Å². The lowest BCUT2D eigenvalue weighted by Gasteiger charge is -2.11. The molecule has 122 valence electrons. The number of hydrogen-bond donors (Lipinski definition) is 1. The van der Waals surface area contributed by atoms with E-state index in [1.165, 1.54) is 10.6 Å². The Kier molecular flexibility index (Phi) is 4.53. The fourth-order valence-electron chi connectivity index (χ4n) is 2.37. The van der Waals surface area contributed by atoms with E-state index in [0.717, 1.165) is 10.8 Å². The molecule has 6 heteroatoms. The van der Waals surface area contributed by atoms with E-state index in [1.807, 2.05) is 24.3 Å². The van der Waals surface area contributed by atoms with Crippen molar-refractivity contribution in [1.29, 1.82) is 0 Å². The molecule has 0 aliphatic carbocycles. The molecule has 1 amide bonds. The zero-order valence-corrected chi connectivity index (χ0v) is 13.7. The van der Waals surface area contributed by atoms with Crippen LogP contribution in [-0.4, -0.2) is 17.1 Å². The van der Waals surface area contributed by atoms with Crippen molar-refractivity contribution in [2.24, 2.45) is 7.05 Å². The Hall–Kier alpha value is -2.79. The number of benzene rings is 2. The van der Waals surface area contributed by atoms with Gasteiger partial charge in [-0.25, -0.2) is 0 Å². The average molecular weight is 343 g/mol. The quantitative estimate of drug-likeness (QED) is 0.792. The van der Waals surface area contributed by atoms with Crippen LogP contribution in [0.15, 0.2) is 59.5 Å². The normalized spacial score (nSPS) is 10.6. The molecule has 0 aliphatic rings. The molecular formula is C18H15ClN2O3. The minimum atomic E-state index is -0.312. The molecule has 0 spiro atoms. The van der Waals surface area contributed by atoms with Crippen molar-refractivity contribution in [1.82, 2.24) is 4.57 Å². The number of carbonyl (C=O) groups is 1. The molecule has 0 atom stereocenters. The van der Waals surface area contributed by atoms with Gasteiger partial charge < -0.3 is 14.6 Å². The molecule has 0 unspecified atom stereocenters. The van der Waals surface area contributed by atoms with E-state index < -0.39 is 0 Å². The van der Waals surface area contributed by atoms with Crippen LogP contribution in [-0.2, 0) is 11.8 Å². The number of fused-ring (bicyclic) bond motifs is 1. The third-order valence-corrected chi connectivity index (χ3v) is 3.89. The standard InChI is InChI=1S/C18H15ClN2O3/c1-21-10-12(6-9-18(21)23)20-17(22)11-24-16-8-7-15(19)13-4-2-3-5-14(13)16/h2-10H,11H2,1H3,(H,20,22). The highest BCUT2D eigenvalue weighted by molar-refractivity contribution is 6.35. The lowest BCUT2D eigenvalue weighted by Crippen LogP contribution is -2.22. The summed E-state index contributed by atoms with van der Waals surface area (Å²) in [4.78, 5) is 23.4. The van der Waals surface area contributed by atoms with Crippen LogP contribution in [0.5, 0.6) is 5.75 Å². The average Bonchev–Trinajstić information content (AvgIpc) is 2.58. The van der Waals surface area contributed by atoms with Crippen LogP contribution in [0.4, 0.5) is 5.69 Å². The van der Waals surface area contributed by atoms with E-state index in [0.29, 0.717) is 16.5 Å². The second-order valence-electron chi connectivity index (χ2n) is 5.29. The zero-order valence-electron chi connectivity index (χ0n) is 13.0. The number of amides is 1. The summed E-state index contributed by atoms with van der Waals surface area (Å²) in [6.07, 6.45) is 1.55. The summed E-state index contributed by atoms with van der Waals surface area (Å²) >= 11 is 6.16. The van der Waals surface area contributed by atoms with Crippen molar-refractivity contribution in [3.63, 3.8) is 0 Å². The summed E-state index contributed by atoms with van der Waals surface area (Å²) in [6, 6.07) is 14.0. The van der Waals surface area contributed by atoms with E-state index in [9.17, 15) is 9.59 Å². The van der Waals surface area contributed by atoms with Crippen LogP contribution in [0.3, 0.4) is 0 Å². The molecule has 0 saturated carbocycles. The molecule has 5 nitrogen and oxygen atoms in total. The van der Waals surface area contributed by atoms with Gasteiger partial charge in [0.25, 0.3) is 5.91 Å². The van der Waals surface area contributed by atoms with Crippen molar-refractivity contribution in [2.75, 3.05) is 11.9 Å². The minimum absolute atomic E-state index is 0.142. The second kappa shape index (κ2) is 6.76. The molecule has 3 rings (SSSR count). The first-order valence-electron chi connectivity index (χ1n) is 7.31. The van der Waals surface area contributed by atoms with Crippen LogP contribution >= 0.6 is 11.6 Å². The first-order chi connectivity index (χ1) is 11.5. The van der Waals surface area contributed by atoms with Crippen LogP contribution in [0.2, 0.25) is 5.02 Å². The van der Waals surface area contributed by atoms with E-state index in [4.69, 9.17) is 16.3 Å². The van der Waals surface area contributed by atoms with E-state index in [-0.39, 0.29) is 18.1 Å². The number of aryl methyl sites for hydroxylation is 1. The van der Waals surface area contributed by atoms with Gasteiger partial charge in [-0.05, 0) is 18.2 Å². The van der Waals surface area contributed by atoms with Crippen molar-refractivity contribution in [3.8, 4) is 5.75 Å². The fourth-order valence-corrected chi connectivity index (χ4v) is 2.60. The zero-order chi connectivity index (χ0) is 17.1. The first kappa shape index (κ1) is 16.1. The minimum Gasteiger partial charge on any atom is -0.483 e. The monoisotopic (exact) mass is 342 g/mol. The molecule has 3 aromatic rings. The van der Waals surface area contributed by atoms with Gasteiger partial charge >= 0.3 is 0 Å². The summed E-state index contributed by atoms with van der Waals surface area (Å²) in [6.45, 7) is -0.144. The highest BCUT2D eigenvalue weighted by Gasteiger charge is 2.08. The molecule has 2 aromatic carbocycles. The SMILES string of the molecule is Cn1cc(NC(=O)COc2ccc(Cl)c3ccccc23)ccc1=O. The Morgan fingerprint density at radius 3 is 2.62 bits per heavy atom. The number of pyridine rings is 1. The number of rotatable bonds is 4. The molecule has 1 heterocycles. The summed E-state index contributed by atoms with van der Waals surface area (Å²) in [5, 5.41) is 5.04. The van der Waals surface area contributed by atoms with Gasteiger partial charge in [-0.1, -0.05) is 35.9 Å². The number of anilines is 1. The lowest BCUT2D eigenvalue weighted by atomic mass is 10.1. The summed E-state index contributed by atoms with van der Waals surface area (Å²) in [7, 11) is 1.62. The van der Waals surface area contributed by atoms with Gasteiger partial charge in [0, 0.05) is 35.1 Å². The number of nitrogens with one attached hydrogen (secondary N) is 1. The first-order valence-corrected chi connectivity index (χ1v) is 7.69. The number of nitrogens with zero attached hydrogens (tertiary/aromatic N) is 1. The Balaban J connectivity index is 1.71. The van der Waals surface area contributed by atoms with E-state index in [1.54, 1.807) is 31.4 Å². The molecular weight excluding hydrogens is 328 g/mol. The molecule has 0 radical (unpaired) electrons. The number of ether oxygens (including phenoxy) is 1. The van der Waals surface area contributed by atoms with Gasteiger partial charge in [0.15, 0.2) is 6.61 Å². The summed E-state index contributed by atoms with van der Waals surface area (Å²) in [5.41, 5.74) is 0.392. The number of carbonyl (C=O) groups excluding carboxylic acids is 1. The molecule has 24 heavy (non-hydrogen) atoms. The number of halogens is 1. The molecule has 0 bridgehead atoms. The maximum Gasteiger partial charge on any atom is 0.262 e. The van der Waals surface area contributed by atoms with E-state index in [2.05, 4.69) is 5.32 Å². The molecule has 0 fully saturated rings. The van der Waals surface area contributed by atoms with Gasteiger partial charge in [0.2, 0.25) is 5.56 Å². The molecule has 1 aromatic heterocycles. The number of hydrogen-bond acceptors (Lipinski definition) is 3. The van der Waals surface area contributed by atoms with Crippen molar-refractivity contribution in [3.05, 3.63) is 70.1 Å². The van der Waals surface area contributed by atoms with Gasteiger partial charge in [-0.2, -0.15) is 0 Å². The number of aromatic nitrogens is 1. The van der Waals surface area contributed by atoms with Gasteiger partial charge in [0.05, 0.1) is 5.69 Å². The molecule has 0 aliphatic heterocycles. The summed E-state index contributed by atoms with van der Waals surface area (Å²) in [5.74, 6) is 0.276. The topological polar surface area (TPSA) is 60.3 Å². The van der Waals surface area contributed by atoms with E-state index >= 15 is 0 Å². The fraction of sp³-hybridized carbons (Fsp3) is 0.111. The van der Waals surface area contributed by atoms with Crippen LogP contribution < -0.4 is 15.6 Å². The molecule has 1 N–H and O–H groups in total. The maximum atomic E-state index is 12.0. The smallest absolute Gasteiger partial charge is 0.262 e. The predicted molar refractivity (Wildman–Crippen MR) is 94.8 cm³/mol. The van der Waals surface area contributed by atoms with Crippen LogP contribution in [0.1, 0.15) is 0 Å². The van der Waals surface area contributed by atoms with Crippen molar-refractivity contribution < 1.29 is 9.53 Å². The highest BCUT2D eigenvalue weighted by Crippen LogP contribution is 2.31. The van der Waals surface area contributed by atoms with Gasteiger partial charge in [0.1, 0.15) is 5.75 Å².